The lowest BCUT2D eigenvalue weighted by Crippen LogP contribution is -2.18. The Labute approximate surface area is 162 Å². The maximum absolute atomic E-state index is 12.0. The summed E-state index contributed by atoms with van der Waals surface area (Å²) in [5.74, 6) is -0.401. The molecule has 0 atom stereocenters. The average molecular weight is 408 g/mol. The summed E-state index contributed by atoms with van der Waals surface area (Å²) in [6.45, 7) is 0. The fourth-order valence-corrected chi connectivity index (χ4v) is 4.17. The highest BCUT2D eigenvalue weighted by atomic mass is 35.5. The van der Waals surface area contributed by atoms with Crippen LogP contribution < -0.4 is 5.43 Å². The second kappa shape index (κ2) is 8.49. The van der Waals surface area contributed by atoms with Crippen LogP contribution in [0, 0.1) is 0 Å². The van der Waals surface area contributed by atoms with Gasteiger partial charge in [0.1, 0.15) is 5.15 Å². The van der Waals surface area contributed by atoms with Crippen LogP contribution in [0.3, 0.4) is 0 Å². The predicted molar refractivity (Wildman–Crippen MR) is 104 cm³/mol. The van der Waals surface area contributed by atoms with Gasteiger partial charge in [-0.05, 0) is 48.5 Å². The fourth-order valence-electron chi connectivity index (χ4n) is 1.85. The molecule has 0 fully saturated rings. The first-order valence-corrected chi connectivity index (χ1v) is 9.48. The van der Waals surface area contributed by atoms with Gasteiger partial charge in [-0.3, -0.25) is 4.79 Å². The van der Waals surface area contributed by atoms with Gasteiger partial charge >= 0.3 is 0 Å². The van der Waals surface area contributed by atoms with Crippen molar-refractivity contribution in [3.05, 3.63) is 75.3 Å². The fraction of sp³-hybridized carbons (Fsp3) is 0. The third-order valence-corrected chi connectivity index (χ3v) is 5.71. The second-order valence-electron chi connectivity index (χ2n) is 4.75. The van der Waals surface area contributed by atoms with Crippen molar-refractivity contribution in [3.8, 4) is 0 Å². The van der Waals surface area contributed by atoms with E-state index in [0.717, 1.165) is 14.0 Å². The van der Waals surface area contributed by atoms with Crippen LogP contribution in [-0.2, 0) is 0 Å². The topological polar surface area (TPSA) is 54.4 Å². The Morgan fingerprint density at radius 3 is 2.72 bits per heavy atom. The monoisotopic (exact) mass is 407 g/mol. The molecule has 0 radical (unpaired) electrons. The molecule has 8 heteroatoms. The number of aromatic nitrogens is 1. The van der Waals surface area contributed by atoms with E-state index in [0.29, 0.717) is 5.02 Å². The summed E-state index contributed by atoms with van der Waals surface area (Å²) in [5.41, 5.74) is 2.73. The van der Waals surface area contributed by atoms with Gasteiger partial charge in [0.25, 0.3) is 5.91 Å². The molecule has 1 N–H and O–H groups in total. The number of halogens is 2. The number of thiophene rings is 1. The number of hydrogen-bond acceptors (Lipinski definition) is 5. The molecule has 1 amide bonds. The van der Waals surface area contributed by atoms with Gasteiger partial charge < -0.3 is 0 Å². The molecule has 3 rings (SSSR count). The molecular formula is C17H11Cl2N3OS2. The van der Waals surface area contributed by atoms with E-state index in [1.807, 2.05) is 36.4 Å². The number of nitrogens with zero attached hydrogens (tertiary/aromatic N) is 2. The van der Waals surface area contributed by atoms with E-state index in [1.54, 1.807) is 41.4 Å². The van der Waals surface area contributed by atoms with Crippen LogP contribution in [0.25, 0.3) is 0 Å². The van der Waals surface area contributed by atoms with Crippen molar-refractivity contribution < 1.29 is 4.79 Å². The van der Waals surface area contributed by atoms with Gasteiger partial charge in [-0.1, -0.05) is 35.0 Å². The number of carbonyl (C=O) groups excluding carboxylic acids is 1. The molecule has 126 valence electrons. The van der Waals surface area contributed by atoms with Crippen LogP contribution in [0.15, 0.2) is 68.9 Å². The third kappa shape index (κ3) is 5.06. The first-order valence-electron chi connectivity index (χ1n) is 7.09. The summed E-state index contributed by atoms with van der Waals surface area (Å²) in [5, 5.41) is 4.83. The van der Waals surface area contributed by atoms with E-state index in [1.165, 1.54) is 6.20 Å². The van der Waals surface area contributed by atoms with Gasteiger partial charge in [-0.15, -0.1) is 11.3 Å². The summed E-state index contributed by atoms with van der Waals surface area (Å²) < 4.78 is 1.12. The summed E-state index contributed by atoms with van der Waals surface area (Å²) in [6.07, 6.45) is 3.12. The highest BCUT2D eigenvalue weighted by Crippen LogP contribution is 2.33. The van der Waals surface area contributed by atoms with Crippen LogP contribution in [-0.4, -0.2) is 17.1 Å². The summed E-state index contributed by atoms with van der Waals surface area (Å²) in [6, 6.07) is 14.8. The smallest absolute Gasteiger partial charge is 0.267 e. The van der Waals surface area contributed by atoms with E-state index in [9.17, 15) is 4.79 Å². The lowest BCUT2D eigenvalue weighted by atomic mass is 10.3. The number of rotatable bonds is 5. The molecule has 0 aliphatic rings. The van der Waals surface area contributed by atoms with E-state index < -0.39 is 5.91 Å². The SMILES string of the molecule is O=C(NN=Cc1ccc(Sc2ccc(Cl)cc2)s1)c1cccnc1Cl. The van der Waals surface area contributed by atoms with Crippen molar-refractivity contribution in [2.45, 2.75) is 9.10 Å². The summed E-state index contributed by atoms with van der Waals surface area (Å²) in [7, 11) is 0. The van der Waals surface area contributed by atoms with Gasteiger partial charge in [0, 0.05) is 21.0 Å². The minimum Gasteiger partial charge on any atom is -0.267 e. The molecule has 0 spiro atoms. The lowest BCUT2D eigenvalue weighted by Gasteiger charge is -2.00. The quantitative estimate of drug-likeness (QED) is 0.351. The second-order valence-corrected chi connectivity index (χ2v) is 8.04. The van der Waals surface area contributed by atoms with Crippen molar-refractivity contribution in [2.24, 2.45) is 5.10 Å². The molecule has 25 heavy (non-hydrogen) atoms. The minimum absolute atomic E-state index is 0.146. The van der Waals surface area contributed by atoms with Crippen molar-refractivity contribution in [3.63, 3.8) is 0 Å². The Kier molecular flexibility index (Phi) is 6.09. The van der Waals surface area contributed by atoms with E-state index in [4.69, 9.17) is 23.2 Å². The maximum atomic E-state index is 12.0. The Bertz CT molecular complexity index is 910. The lowest BCUT2D eigenvalue weighted by molar-refractivity contribution is 0.0955. The summed E-state index contributed by atoms with van der Waals surface area (Å²) >= 11 is 15.0. The van der Waals surface area contributed by atoms with Gasteiger partial charge in [0.05, 0.1) is 16.0 Å². The molecule has 2 heterocycles. The van der Waals surface area contributed by atoms with Gasteiger partial charge in [0.15, 0.2) is 0 Å². The Morgan fingerprint density at radius 1 is 1.16 bits per heavy atom. The van der Waals surface area contributed by atoms with Crippen molar-refractivity contribution in [1.82, 2.24) is 10.4 Å². The van der Waals surface area contributed by atoms with E-state index in [2.05, 4.69) is 15.5 Å². The maximum Gasteiger partial charge on any atom is 0.274 e. The Morgan fingerprint density at radius 2 is 1.96 bits per heavy atom. The number of benzene rings is 1. The van der Waals surface area contributed by atoms with Crippen LogP contribution in [0.5, 0.6) is 0 Å². The van der Waals surface area contributed by atoms with Gasteiger partial charge in [-0.25, -0.2) is 10.4 Å². The average Bonchev–Trinajstić information content (AvgIpc) is 3.04. The minimum atomic E-state index is -0.401. The van der Waals surface area contributed by atoms with E-state index >= 15 is 0 Å². The zero-order chi connectivity index (χ0) is 17.6. The number of carbonyl (C=O) groups is 1. The molecular weight excluding hydrogens is 397 g/mol. The van der Waals surface area contributed by atoms with Crippen LogP contribution in [0.1, 0.15) is 15.2 Å². The zero-order valence-electron chi connectivity index (χ0n) is 12.6. The number of hydrogen-bond donors (Lipinski definition) is 1. The van der Waals surface area contributed by atoms with Crippen LogP contribution in [0.4, 0.5) is 0 Å². The third-order valence-electron chi connectivity index (χ3n) is 3.00. The predicted octanol–water partition coefficient (Wildman–Crippen LogP) is 5.37. The molecule has 0 saturated carbocycles. The molecule has 2 aromatic heterocycles. The Hall–Kier alpha value is -1.86. The van der Waals surface area contributed by atoms with Gasteiger partial charge in [-0.2, -0.15) is 5.10 Å². The molecule has 3 aromatic rings. The zero-order valence-corrected chi connectivity index (χ0v) is 15.8. The highest BCUT2D eigenvalue weighted by molar-refractivity contribution is 8.01. The number of nitrogens with one attached hydrogen (secondary N) is 1. The molecule has 0 unspecified atom stereocenters. The summed E-state index contributed by atoms with van der Waals surface area (Å²) in [4.78, 5) is 17.9. The first kappa shape index (κ1) is 17.9. The van der Waals surface area contributed by atoms with Crippen LogP contribution >= 0.6 is 46.3 Å². The Balaban J connectivity index is 1.59. The van der Waals surface area contributed by atoms with Crippen LogP contribution in [0.2, 0.25) is 10.2 Å². The standard InChI is InChI=1S/C17H11Cl2N3OS2/c18-11-3-5-12(6-4-11)24-15-8-7-13(25-15)10-21-22-17(23)14-2-1-9-20-16(14)19/h1-10H,(H,22,23). The molecule has 0 aliphatic heterocycles. The number of amides is 1. The largest absolute Gasteiger partial charge is 0.274 e. The van der Waals surface area contributed by atoms with E-state index in [-0.39, 0.29) is 10.7 Å². The van der Waals surface area contributed by atoms with Crippen molar-refractivity contribution in [2.75, 3.05) is 0 Å². The van der Waals surface area contributed by atoms with Gasteiger partial charge in [0.2, 0.25) is 0 Å². The van der Waals surface area contributed by atoms with Crippen molar-refractivity contribution in [1.29, 1.82) is 0 Å². The highest BCUT2D eigenvalue weighted by Gasteiger charge is 2.09. The molecule has 0 bridgehead atoms. The normalized spacial score (nSPS) is 11.0. The molecule has 0 saturated heterocycles. The first-order chi connectivity index (χ1) is 12.1. The van der Waals surface area contributed by atoms with Crippen molar-refractivity contribution >= 4 is 58.4 Å². The molecule has 1 aromatic carbocycles. The molecule has 0 aliphatic carbocycles. The number of pyridine rings is 1. The molecule has 4 nitrogen and oxygen atoms in total. The number of hydrazone groups is 1.